The van der Waals surface area contributed by atoms with Gasteiger partial charge in [-0.15, -0.1) is 0 Å². The molecule has 2 atom stereocenters. The van der Waals surface area contributed by atoms with E-state index in [1.165, 1.54) is 6.07 Å². The Morgan fingerprint density at radius 2 is 1.96 bits per heavy atom. The molecule has 10 heteroatoms. The van der Waals surface area contributed by atoms with Crippen molar-refractivity contribution in [2.45, 2.75) is 55.3 Å². The van der Waals surface area contributed by atoms with Crippen LogP contribution in [-0.4, -0.2) is 29.5 Å². The van der Waals surface area contributed by atoms with Crippen LogP contribution in [0, 0.1) is 5.82 Å². The van der Waals surface area contributed by atoms with Gasteiger partial charge in [0.2, 0.25) is 11.8 Å². The Balaban J connectivity index is 2.12. The maximum Gasteiger partial charge on any atom is 0.446 e. The number of rotatable bonds is 4. The van der Waals surface area contributed by atoms with Crippen molar-refractivity contribution in [3.8, 4) is 0 Å². The summed E-state index contributed by atoms with van der Waals surface area (Å²) in [5, 5.41) is 8.24. The Hall–Kier alpha value is -1.81. The quantitative estimate of drug-likeness (QED) is 0.543. The number of hydrogen-bond donors (Lipinski definition) is 3. The lowest BCUT2D eigenvalue weighted by atomic mass is 9.93. The van der Waals surface area contributed by atoms with Crippen molar-refractivity contribution < 1.29 is 27.2 Å². The van der Waals surface area contributed by atoms with E-state index in [0.717, 1.165) is 12.1 Å². The fourth-order valence-electron chi connectivity index (χ4n) is 2.62. The van der Waals surface area contributed by atoms with E-state index in [9.17, 15) is 27.2 Å². The second kappa shape index (κ2) is 7.43. The Kier molecular flexibility index (Phi) is 5.86. The molecule has 0 radical (unpaired) electrons. The molecule has 1 aliphatic rings. The number of nitrogens with one attached hydrogen (secondary N) is 3. The van der Waals surface area contributed by atoms with Crippen LogP contribution in [0.3, 0.4) is 0 Å². The third-order valence-electron chi connectivity index (χ3n) is 3.85. The van der Waals surface area contributed by atoms with Crippen molar-refractivity contribution in [2.24, 2.45) is 0 Å². The van der Waals surface area contributed by atoms with E-state index in [-0.39, 0.29) is 18.5 Å². The summed E-state index contributed by atoms with van der Waals surface area (Å²) in [7, 11) is 0. The maximum absolute atomic E-state index is 14.0. The molecule has 2 amide bonds. The summed E-state index contributed by atoms with van der Waals surface area (Å²) in [6.07, 6.45) is -0.409. The first-order valence-corrected chi connectivity index (χ1v) is 8.62. The van der Waals surface area contributed by atoms with Crippen LogP contribution in [0.4, 0.5) is 17.6 Å². The number of carbonyl (C=O) groups is 2. The van der Waals surface area contributed by atoms with E-state index in [4.69, 9.17) is 0 Å². The van der Waals surface area contributed by atoms with Gasteiger partial charge in [-0.3, -0.25) is 14.9 Å². The lowest BCUT2D eigenvalue weighted by molar-refractivity contribution is -0.132. The largest absolute Gasteiger partial charge is 0.446 e. The molecule has 0 bridgehead atoms. The van der Waals surface area contributed by atoms with Crippen LogP contribution in [0.15, 0.2) is 23.1 Å². The molecule has 0 aromatic heterocycles. The van der Waals surface area contributed by atoms with Crippen molar-refractivity contribution in [1.82, 2.24) is 16.0 Å². The number of hydrogen-bond acceptors (Lipinski definition) is 4. The summed E-state index contributed by atoms with van der Waals surface area (Å²) in [6, 6.07) is 2.59. The fraction of sp³-hybridized carbons (Fsp3) is 0.500. The summed E-state index contributed by atoms with van der Waals surface area (Å²) in [4.78, 5) is 23.4. The molecule has 0 spiro atoms. The van der Waals surface area contributed by atoms with Gasteiger partial charge >= 0.3 is 5.51 Å². The fourth-order valence-corrected chi connectivity index (χ4v) is 3.16. The molecular weight excluding hydrogens is 374 g/mol. The van der Waals surface area contributed by atoms with Crippen LogP contribution < -0.4 is 16.0 Å². The first-order chi connectivity index (χ1) is 11.9. The van der Waals surface area contributed by atoms with Gasteiger partial charge in [-0.2, -0.15) is 13.2 Å². The standard InChI is InChI=1S/C16H19F4N3O2S/c1-8-21-11(7-13(24)22-8)14(25)23-15(2,3)9-4-5-12(10(17)6-9)26-16(18,19)20/h4-6,8,11,21H,7H2,1-3H3,(H,22,24)(H,23,25). The van der Waals surface area contributed by atoms with Crippen molar-refractivity contribution in [3.63, 3.8) is 0 Å². The van der Waals surface area contributed by atoms with Crippen LogP contribution >= 0.6 is 11.8 Å². The zero-order chi connectivity index (χ0) is 19.7. The Morgan fingerprint density at radius 3 is 2.50 bits per heavy atom. The molecule has 1 aliphatic heterocycles. The minimum Gasteiger partial charge on any atom is -0.346 e. The summed E-state index contributed by atoms with van der Waals surface area (Å²) in [6.45, 7) is 4.89. The highest BCUT2D eigenvalue weighted by Gasteiger charge is 2.34. The van der Waals surface area contributed by atoms with E-state index >= 15 is 0 Å². The van der Waals surface area contributed by atoms with Gasteiger partial charge in [-0.1, -0.05) is 6.07 Å². The normalized spacial score (nSPS) is 21.3. The molecule has 26 heavy (non-hydrogen) atoms. The van der Waals surface area contributed by atoms with Crippen molar-refractivity contribution in [2.75, 3.05) is 0 Å². The number of carbonyl (C=O) groups excluding carboxylic acids is 2. The van der Waals surface area contributed by atoms with Crippen molar-refractivity contribution in [3.05, 3.63) is 29.6 Å². The van der Waals surface area contributed by atoms with Gasteiger partial charge in [0.25, 0.3) is 0 Å². The van der Waals surface area contributed by atoms with Crippen LogP contribution in [-0.2, 0) is 15.1 Å². The molecule has 1 fully saturated rings. The summed E-state index contributed by atoms with van der Waals surface area (Å²) in [5.41, 5.74) is -5.32. The van der Waals surface area contributed by atoms with Crippen molar-refractivity contribution >= 4 is 23.6 Å². The third-order valence-corrected chi connectivity index (χ3v) is 4.63. The lowest BCUT2D eigenvalue weighted by Gasteiger charge is -2.33. The van der Waals surface area contributed by atoms with Crippen LogP contribution in [0.2, 0.25) is 0 Å². The van der Waals surface area contributed by atoms with Crippen LogP contribution in [0.1, 0.15) is 32.8 Å². The van der Waals surface area contributed by atoms with Gasteiger partial charge in [0.15, 0.2) is 0 Å². The van der Waals surface area contributed by atoms with Gasteiger partial charge in [0, 0.05) is 0 Å². The number of halogens is 4. The molecule has 2 unspecified atom stereocenters. The van der Waals surface area contributed by atoms with Gasteiger partial charge in [-0.25, -0.2) is 4.39 Å². The molecule has 0 saturated carbocycles. The molecule has 1 aromatic rings. The SMILES string of the molecule is CC1NC(=O)CC(C(=O)NC(C)(C)c2ccc(SC(F)(F)F)c(F)c2)N1. The van der Waals surface area contributed by atoms with E-state index < -0.39 is 45.5 Å². The van der Waals surface area contributed by atoms with Crippen LogP contribution in [0.5, 0.6) is 0 Å². The number of alkyl halides is 3. The zero-order valence-corrected chi connectivity index (χ0v) is 15.1. The first kappa shape index (κ1) is 20.5. The van der Waals surface area contributed by atoms with E-state index in [1.54, 1.807) is 20.8 Å². The molecule has 1 saturated heterocycles. The van der Waals surface area contributed by atoms with Crippen LogP contribution in [0.25, 0.3) is 0 Å². The van der Waals surface area contributed by atoms with Gasteiger partial charge < -0.3 is 10.6 Å². The monoisotopic (exact) mass is 393 g/mol. The molecule has 2 rings (SSSR count). The van der Waals surface area contributed by atoms with E-state index in [2.05, 4.69) is 16.0 Å². The van der Waals surface area contributed by atoms with E-state index in [0.29, 0.717) is 5.56 Å². The number of benzene rings is 1. The minimum absolute atomic E-state index is 0.0399. The predicted octanol–water partition coefficient (Wildman–Crippen LogP) is 2.61. The third kappa shape index (κ3) is 5.34. The molecule has 5 nitrogen and oxygen atoms in total. The average molecular weight is 393 g/mol. The second-order valence-electron chi connectivity index (χ2n) is 6.52. The van der Waals surface area contributed by atoms with Crippen molar-refractivity contribution in [1.29, 1.82) is 0 Å². The highest BCUT2D eigenvalue weighted by molar-refractivity contribution is 8.00. The molecule has 1 heterocycles. The summed E-state index contributed by atoms with van der Waals surface area (Å²) >= 11 is -0.533. The smallest absolute Gasteiger partial charge is 0.346 e. The highest BCUT2D eigenvalue weighted by atomic mass is 32.2. The van der Waals surface area contributed by atoms with Gasteiger partial charge in [0.1, 0.15) is 5.82 Å². The Bertz CT molecular complexity index is 709. The second-order valence-corrected chi connectivity index (χ2v) is 7.63. The highest BCUT2D eigenvalue weighted by Crippen LogP contribution is 2.39. The van der Waals surface area contributed by atoms with E-state index in [1.807, 2.05) is 0 Å². The number of thioether (sulfide) groups is 1. The number of amides is 2. The lowest BCUT2D eigenvalue weighted by Crippen LogP contribution is -2.61. The van der Waals surface area contributed by atoms with Gasteiger partial charge in [0.05, 0.1) is 29.1 Å². The minimum atomic E-state index is -4.59. The summed E-state index contributed by atoms with van der Waals surface area (Å²) < 4.78 is 51.2. The average Bonchev–Trinajstić information content (AvgIpc) is 2.46. The Morgan fingerprint density at radius 1 is 1.31 bits per heavy atom. The molecular formula is C16H19F4N3O2S. The molecule has 1 aromatic carbocycles. The Labute approximate surface area is 152 Å². The first-order valence-electron chi connectivity index (χ1n) is 7.80. The maximum atomic E-state index is 14.0. The predicted molar refractivity (Wildman–Crippen MR) is 88.6 cm³/mol. The summed E-state index contributed by atoms with van der Waals surface area (Å²) in [5.74, 6) is -1.74. The van der Waals surface area contributed by atoms with Gasteiger partial charge in [-0.05, 0) is 50.2 Å². The molecule has 0 aliphatic carbocycles. The topological polar surface area (TPSA) is 70.2 Å². The molecule has 144 valence electrons. The zero-order valence-electron chi connectivity index (χ0n) is 14.3. The molecule has 3 N–H and O–H groups in total.